The Morgan fingerprint density at radius 2 is 1.24 bits per heavy atom. The number of carbonyl (C=O) groups excluding carboxylic acids is 1. The number of aliphatic carboxylic acids is 1. The minimum Gasteiger partial charge on any atom is -0.479 e. The van der Waals surface area contributed by atoms with Gasteiger partial charge in [0.1, 0.15) is 23.9 Å². The van der Waals surface area contributed by atoms with Crippen LogP contribution in [0.25, 0.3) is 0 Å². The molecule has 4 rings (SSSR count). The second-order valence-electron chi connectivity index (χ2n) is 11.1. The third kappa shape index (κ3) is 9.39. The Balaban J connectivity index is 1.63. The van der Waals surface area contributed by atoms with Gasteiger partial charge in [0, 0.05) is 0 Å². The van der Waals surface area contributed by atoms with Crippen molar-refractivity contribution in [3.05, 3.63) is 108 Å². The van der Waals surface area contributed by atoms with Crippen LogP contribution in [0.1, 0.15) is 37.5 Å². The lowest BCUT2D eigenvalue weighted by Crippen LogP contribution is -2.67. The Morgan fingerprint density at radius 3 is 1.71 bits per heavy atom. The summed E-state index contributed by atoms with van der Waals surface area (Å²) in [6.07, 6.45) is -4.91. The van der Waals surface area contributed by atoms with Crippen molar-refractivity contribution in [3.63, 3.8) is 0 Å². The molecule has 1 aliphatic heterocycles. The van der Waals surface area contributed by atoms with E-state index in [1.165, 1.54) is 0 Å². The molecule has 224 valence electrons. The van der Waals surface area contributed by atoms with Crippen molar-refractivity contribution in [2.75, 3.05) is 6.61 Å². The van der Waals surface area contributed by atoms with Gasteiger partial charge in [-0.3, -0.25) is 0 Å². The maximum Gasteiger partial charge on any atom is 0.408 e. The molecule has 0 aromatic heterocycles. The van der Waals surface area contributed by atoms with Crippen LogP contribution in [0.5, 0.6) is 0 Å². The first-order valence-corrected chi connectivity index (χ1v) is 14.0. The molecule has 0 bridgehead atoms. The molecule has 1 fully saturated rings. The maximum absolute atomic E-state index is 13.0. The molecule has 0 saturated carbocycles. The Hall–Kier alpha value is -3.76. The molecule has 1 amide bonds. The fourth-order valence-electron chi connectivity index (χ4n) is 4.68. The van der Waals surface area contributed by atoms with E-state index in [4.69, 9.17) is 23.7 Å². The fraction of sp³-hybridized carbons (Fsp3) is 0.394. The molecule has 9 nitrogen and oxygen atoms in total. The largest absolute Gasteiger partial charge is 0.479 e. The highest BCUT2D eigenvalue weighted by Gasteiger charge is 2.51. The summed E-state index contributed by atoms with van der Waals surface area (Å²) in [7, 11) is 0. The Kier molecular flexibility index (Phi) is 11.1. The van der Waals surface area contributed by atoms with Crippen molar-refractivity contribution in [1.29, 1.82) is 0 Å². The van der Waals surface area contributed by atoms with Crippen molar-refractivity contribution in [3.8, 4) is 0 Å². The molecule has 3 aromatic carbocycles. The lowest BCUT2D eigenvalue weighted by Gasteiger charge is -2.45. The summed E-state index contributed by atoms with van der Waals surface area (Å²) >= 11 is 0. The highest BCUT2D eigenvalue weighted by Crippen LogP contribution is 2.29. The van der Waals surface area contributed by atoms with E-state index >= 15 is 0 Å². The molecule has 42 heavy (non-hydrogen) atoms. The van der Waals surface area contributed by atoms with Crippen LogP contribution in [-0.2, 0) is 48.3 Å². The minimum absolute atomic E-state index is 0.00423. The van der Waals surface area contributed by atoms with Crippen molar-refractivity contribution in [1.82, 2.24) is 5.32 Å². The van der Waals surface area contributed by atoms with Gasteiger partial charge >= 0.3 is 12.1 Å². The van der Waals surface area contributed by atoms with Gasteiger partial charge in [0.15, 0.2) is 6.10 Å². The molecule has 9 heteroatoms. The first-order valence-electron chi connectivity index (χ1n) is 14.0. The van der Waals surface area contributed by atoms with Crippen LogP contribution in [0, 0.1) is 0 Å². The van der Waals surface area contributed by atoms with Crippen LogP contribution in [-0.4, -0.2) is 59.8 Å². The predicted molar refractivity (Wildman–Crippen MR) is 156 cm³/mol. The van der Waals surface area contributed by atoms with Gasteiger partial charge in [0.05, 0.1) is 32.5 Å². The quantitative estimate of drug-likeness (QED) is 0.305. The first kappa shape index (κ1) is 31.2. The fourth-order valence-corrected chi connectivity index (χ4v) is 4.68. The second-order valence-corrected chi connectivity index (χ2v) is 11.1. The smallest absolute Gasteiger partial charge is 0.408 e. The number of rotatable bonds is 12. The zero-order valence-electron chi connectivity index (χ0n) is 24.2. The number of hydrogen-bond donors (Lipinski definition) is 2. The van der Waals surface area contributed by atoms with E-state index in [1.807, 2.05) is 91.0 Å². The van der Waals surface area contributed by atoms with Gasteiger partial charge in [-0.25, -0.2) is 9.59 Å². The van der Waals surface area contributed by atoms with Gasteiger partial charge in [-0.05, 0) is 37.5 Å². The molecular formula is C33H39NO8. The van der Waals surface area contributed by atoms with E-state index in [2.05, 4.69) is 5.32 Å². The van der Waals surface area contributed by atoms with Gasteiger partial charge in [0.25, 0.3) is 0 Å². The standard InChI is InChI=1S/C33H39NO8/c1-33(2,3)42-32(37)34-27-26(22-38-19-23-13-7-4-8-14-23)41-30(31(35)36)29(40-21-25-17-11-6-12-18-25)28(27)39-20-24-15-9-5-10-16-24/h4-18,26-30H,19-22H2,1-3H3,(H,34,37)(H,35,36)/t26-,27-,28+,29-,30-/m1/s1. The highest BCUT2D eigenvalue weighted by atomic mass is 16.6. The van der Waals surface area contributed by atoms with Gasteiger partial charge in [-0.2, -0.15) is 0 Å². The molecular weight excluding hydrogens is 538 g/mol. The average molecular weight is 578 g/mol. The summed E-state index contributed by atoms with van der Waals surface area (Å²) in [5, 5.41) is 13.1. The normalized spacial score (nSPS) is 22.3. The molecule has 3 aromatic rings. The van der Waals surface area contributed by atoms with E-state index in [0.717, 1.165) is 16.7 Å². The van der Waals surface area contributed by atoms with Crippen LogP contribution >= 0.6 is 0 Å². The second kappa shape index (κ2) is 14.9. The Morgan fingerprint density at radius 1 is 0.762 bits per heavy atom. The SMILES string of the molecule is CC(C)(C)OC(=O)N[C@H]1[C@H](OCc2ccccc2)[C@@H](OCc2ccccc2)[C@H](C(=O)O)O[C@@H]1COCc1ccccc1. The summed E-state index contributed by atoms with van der Waals surface area (Å²) in [6, 6.07) is 27.6. The number of carboxylic acid groups (broad SMARTS) is 1. The number of alkyl carbamates (subject to hydrolysis) is 1. The average Bonchev–Trinajstić information content (AvgIpc) is 2.96. The number of carboxylic acids is 1. The Bertz CT molecular complexity index is 1250. The zero-order valence-corrected chi connectivity index (χ0v) is 24.2. The van der Waals surface area contributed by atoms with E-state index in [9.17, 15) is 14.7 Å². The molecule has 0 unspecified atom stereocenters. The van der Waals surface area contributed by atoms with Crippen LogP contribution in [0.4, 0.5) is 4.79 Å². The van der Waals surface area contributed by atoms with E-state index in [1.54, 1.807) is 20.8 Å². The minimum atomic E-state index is -1.38. The van der Waals surface area contributed by atoms with Crippen molar-refractivity contribution < 1.29 is 38.4 Å². The summed E-state index contributed by atoms with van der Waals surface area (Å²) in [5.41, 5.74) is 1.92. The van der Waals surface area contributed by atoms with Gasteiger partial charge in [-0.15, -0.1) is 0 Å². The lowest BCUT2D eigenvalue weighted by molar-refractivity contribution is -0.233. The van der Waals surface area contributed by atoms with Gasteiger partial charge in [0.2, 0.25) is 0 Å². The van der Waals surface area contributed by atoms with E-state index in [0.29, 0.717) is 0 Å². The van der Waals surface area contributed by atoms with Crippen molar-refractivity contribution >= 4 is 12.1 Å². The molecule has 2 N–H and O–H groups in total. The first-order chi connectivity index (χ1) is 20.2. The summed E-state index contributed by atoms with van der Waals surface area (Å²) in [4.78, 5) is 25.6. The summed E-state index contributed by atoms with van der Waals surface area (Å²) in [6.45, 7) is 5.85. The number of hydrogen-bond acceptors (Lipinski definition) is 7. The summed E-state index contributed by atoms with van der Waals surface area (Å²) < 4.78 is 30.2. The number of amides is 1. The van der Waals surface area contributed by atoms with Crippen LogP contribution in [0.2, 0.25) is 0 Å². The monoisotopic (exact) mass is 577 g/mol. The van der Waals surface area contributed by atoms with Crippen molar-refractivity contribution in [2.24, 2.45) is 0 Å². The van der Waals surface area contributed by atoms with E-state index in [-0.39, 0.29) is 26.4 Å². The number of benzene rings is 3. The maximum atomic E-state index is 13.0. The Labute approximate surface area is 246 Å². The molecule has 1 saturated heterocycles. The molecule has 5 atom stereocenters. The number of ether oxygens (including phenoxy) is 5. The molecule has 0 aliphatic carbocycles. The molecule has 0 radical (unpaired) electrons. The van der Waals surface area contributed by atoms with Gasteiger partial charge in [-0.1, -0.05) is 91.0 Å². The lowest BCUT2D eigenvalue weighted by atomic mass is 9.92. The number of nitrogens with one attached hydrogen (secondary N) is 1. The molecule has 1 heterocycles. The van der Waals surface area contributed by atoms with Crippen molar-refractivity contribution in [2.45, 2.75) is 76.7 Å². The van der Waals surface area contributed by atoms with Gasteiger partial charge < -0.3 is 34.1 Å². The highest BCUT2D eigenvalue weighted by molar-refractivity contribution is 5.74. The zero-order chi connectivity index (χ0) is 30.0. The summed E-state index contributed by atoms with van der Waals surface area (Å²) in [5.74, 6) is -1.20. The van der Waals surface area contributed by atoms with Crippen LogP contribution in [0.15, 0.2) is 91.0 Å². The van der Waals surface area contributed by atoms with Crippen LogP contribution in [0.3, 0.4) is 0 Å². The third-order valence-electron chi connectivity index (χ3n) is 6.59. The predicted octanol–water partition coefficient (Wildman–Crippen LogP) is 5.12. The molecule has 1 aliphatic rings. The molecule has 0 spiro atoms. The number of carbonyl (C=O) groups is 2. The topological polar surface area (TPSA) is 113 Å². The third-order valence-corrected chi connectivity index (χ3v) is 6.59. The van der Waals surface area contributed by atoms with E-state index < -0.39 is 48.1 Å². The van der Waals surface area contributed by atoms with Crippen LogP contribution < -0.4 is 5.32 Å².